The number of amides is 1. The van der Waals surface area contributed by atoms with Crippen LogP contribution in [-0.2, 0) is 4.74 Å². The number of rotatable bonds is 3. The second kappa shape index (κ2) is 4.50. The van der Waals surface area contributed by atoms with E-state index in [0.29, 0.717) is 5.75 Å². The Balaban J connectivity index is 2.87. The molecule has 0 aliphatic carbocycles. The first kappa shape index (κ1) is 10.4. The van der Waals surface area contributed by atoms with Crippen molar-refractivity contribution in [1.82, 2.24) is 0 Å². The third kappa shape index (κ3) is 2.39. The molecule has 0 fully saturated rings. The average Bonchev–Trinajstić information content (AvgIpc) is 2.16. The molecule has 0 radical (unpaired) electrons. The molecule has 1 atom stereocenters. The number of hydrogen-bond acceptors (Lipinski definition) is 3. The highest BCUT2D eigenvalue weighted by atomic mass is 16.6. The van der Waals surface area contributed by atoms with E-state index in [1.807, 2.05) is 18.2 Å². The van der Waals surface area contributed by atoms with Crippen molar-refractivity contribution in [1.29, 1.82) is 0 Å². The molecule has 1 aromatic carbocycles. The monoisotopic (exact) mass is 195 g/mol. The summed E-state index contributed by atoms with van der Waals surface area (Å²) in [5, 5.41) is 0. The molecule has 0 spiro atoms. The largest absolute Gasteiger partial charge is 0.496 e. The van der Waals surface area contributed by atoms with Crippen molar-refractivity contribution in [3.8, 4) is 5.75 Å². The minimum atomic E-state index is -0.789. The number of methoxy groups -OCH3 is 1. The molecule has 1 unspecified atom stereocenters. The van der Waals surface area contributed by atoms with Gasteiger partial charge in [-0.25, -0.2) is 4.79 Å². The predicted octanol–water partition coefficient (Wildman–Crippen LogP) is 1.85. The molecule has 0 heterocycles. The summed E-state index contributed by atoms with van der Waals surface area (Å²) in [6, 6.07) is 7.32. The van der Waals surface area contributed by atoms with Crippen molar-refractivity contribution in [2.45, 2.75) is 13.0 Å². The highest BCUT2D eigenvalue weighted by Crippen LogP contribution is 2.26. The van der Waals surface area contributed by atoms with Crippen molar-refractivity contribution in [3.63, 3.8) is 0 Å². The smallest absolute Gasteiger partial charge is 0.405 e. The lowest BCUT2D eigenvalue weighted by molar-refractivity contribution is 0.115. The van der Waals surface area contributed by atoms with Crippen LogP contribution in [0.2, 0.25) is 0 Å². The van der Waals surface area contributed by atoms with Gasteiger partial charge < -0.3 is 15.2 Å². The third-order valence-electron chi connectivity index (χ3n) is 1.87. The van der Waals surface area contributed by atoms with E-state index in [-0.39, 0.29) is 0 Å². The molecule has 0 aliphatic heterocycles. The topological polar surface area (TPSA) is 61.6 Å². The Bertz CT molecular complexity index is 325. The Kier molecular flexibility index (Phi) is 3.34. The fourth-order valence-corrected chi connectivity index (χ4v) is 1.24. The fraction of sp³-hybridized carbons (Fsp3) is 0.300. The zero-order chi connectivity index (χ0) is 10.6. The molecule has 4 heteroatoms. The molecule has 0 aliphatic rings. The number of benzene rings is 1. The van der Waals surface area contributed by atoms with E-state index in [1.54, 1.807) is 20.1 Å². The number of carbonyl (C=O) groups excluding carboxylic acids is 1. The zero-order valence-corrected chi connectivity index (χ0v) is 8.19. The van der Waals surface area contributed by atoms with E-state index < -0.39 is 12.2 Å². The molecule has 0 aromatic heterocycles. The zero-order valence-electron chi connectivity index (χ0n) is 8.19. The van der Waals surface area contributed by atoms with Crippen molar-refractivity contribution in [2.75, 3.05) is 7.11 Å². The van der Waals surface area contributed by atoms with E-state index >= 15 is 0 Å². The average molecular weight is 195 g/mol. The first-order valence-corrected chi connectivity index (χ1v) is 4.24. The molecule has 14 heavy (non-hydrogen) atoms. The molecule has 1 amide bonds. The summed E-state index contributed by atoms with van der Waals surface area (Å²) < 4.78 is 9.95. The van der Waals surface area contributed by atoms with Crippen molar-refractivity contribution in [3.05, 3.63) is 29.8 Å². The molecule has 0 saturated carbocycles. The fourth-order valence-electron chi connectivity index (χ4n) is 1.24. The summed E-state index contributed by atoms with van der Waals surface area (Å²) in [6.45, 7) is 1.74. The summed E-state index contributed by atoms with van der Waals surface area (Å²) in [5.74, 6) is 0.682. The molecule has 1 rings (SSSR count). The molecule has 0 saturated heterocycles. The lowest BCUT2D eigenvalue weighted by Gasteiger charge is -2.14. The van der Waals surface area contributed by atoms with Gasteiger partial charge in [-0.2, -0.15) is 0 Å². The maximum absolute atomic E-state index is 10.5. The lowest BCUT2D eigenvalue weighted by Crippen LogP contribution is -2.15. The SMILES string of the molecule is COc1ccccc1C(C)OC(N)=O. The summed E-state index contributed by atoms with van der Waals surface area (Å²) in [5.41, 5.74) is 5.72. The standard InChI is InChI=1S/C10H13NO3/c1-7(14-10(11)12)8-5-3-4-6-9(8)13-2/h3-7H,1-2H3,(H2,11,12). The maximum atomic E-state index is 10.5. The van der Waals surface area contributed by atoms with Gasteiger partial charge in [-0.1, -0.05) is 18.2 Å². The number of primary amides is 1. The van der Waals surface area contributed by atoms with Crippen molar-refractivity contribution >= 4 is 6.09 Å². The normalized spacial score (nSPS) is 11.9. The lowest BCUT2D eigenvalue weighted by atomic mass is 10.1. The van der Waals surface area contributed by atoms with E-state index in [0.717, 1.165) is 5.56 Å². The van der Waals surface area contributed by atoms with Gasteiger partial charge in [0.15, 0.2) is 0 Å². The first-order chi connectivity index (χ1) is 6.65. The Labute approximate surface area is 82.6 Å². The van der Waals surface area contributed by atoms with Crippen LogP contribution in [0.5, 0.6) is 5.75 Å². The summed E-state index contributed by atoms with van der Waals surface area (Å²) in [7, 11) is 1.57. The predicted molar refractivity (Wildman–Crippen MR) is 52.1 cm³/mol. The van der Waals surface area contributed by atoms with E-state index in [4.69, 9.17) is 15.2 Å². The molecule has 4 nitrogen and oxygen atoms in total. The van der Waals surface area contributed by atoms with Crippen LogP contribution in [-0.4, -0.2) is 13.2 Å². The quantitative estimate of drug-likeness (QED) is 0.800. The van der Waals surface area contributed by atoms with E-state index in [1.165, 1.54) is 0 Å². The number of para-hydroxylation sites is 1. The van der Waals surface area contributed by atoms with E-state index in [2.05, 4.69) is 0 Å². The molecule has 2 N–H and O–H groups in total. The van der Waals surface area contributed by atoms with Gasteiger partial charge in [0.25, 0.3) is 0 Å². The van der Waals surface area contributed by atoms with Gasteiger partial charge in [-0.3, -0.25) is 0 Å². The summed E-state index contributed by atoms with van der Waals surface area (Å²) >= 11 is 0. The van der Waals surface area contributed by atoms with Crippen LogP contribution in [0.3, 0.4) is 0 Å². The minimum absolute atomic E-state index is 0.399. The molecular formula is C10H13NO3. The van der Waals surface area contributed by atoms with Gasteiger partial charge in [0.05, 0.1) is 7.11 Å². The Morgan fingerprint density at radius 2 is 2.07 bits per heavy atom. The van der Waals surface area contributed by atoms with Gasteiger partial charge in [0.1, 0.15) is 11.9 Å². The minimum Gasteiger partial charge on any atom is -0.496 e. The number of nitrogens with two attached hydrogens (primary N) is 1. The summed E-state index contributed by atoms with van der Waals surface area (Å²) in [4.78, 5) is 10.5. The van der Waals surface area contributed by atoms with Crippen LogP contribution in [0.15, 0.2) is 24.3 Å². The second-order valence-electron chi connectivity index (χ2n) is 2.82. The highest BCUT2D eigenvalue weighted by Gasteiger charge is 2.13. The summed E-state index contributed by atoms with van der Waals surface area (Å²) in [6.07, 6.45) is -1.19. The van der Waals surface area contributed by atoms with E-state index in [9.17, 15) is 4.79 Å². The van der Waals surface area contributed by atoms with Gasteiger partial charge in [-0.05, 0) is 13.0 Å². The Morgan fingerprint density at radius 3 is 2.64 bits per heavy atom. The second-order valence-corrected chi connectivity index (χ2v) is 2.82. The van der Waals surface area contributed by atoms with Gasteiger partial charge >= 0.3 is 6.09 Å². The Hall–Kier alpha value is -1.71. The molecular weight excluding hydrogens is 182 g/mol. The Morgan fingerprint density at radius 1 is 1.43 bits per heavy atom. The van der Waals surface area contributed by atoms with Gasteiger partial charge in [-0.15, -0.1) is 0 Å². The van der Waals surface area contributed by atoms with Crippen LogP contribution in [0.4, 0.5) is 4.79 Å². The van der Waals surface area contributed by atoms with Crippen molar-refractivity contribution in [2.24, 2.45) is 5.73 Å². The number of hydrogen-bond donors (Lipinski definition) is 1. The van der Waals surface area contributed by atoms with Crippen LogP contribution < -0.4 is 10.5 Å². The van der Waals surface area contributed by atoms with Crippen LogP contribution >= 0.6 is 0 Å². The molecule has 76 valence electrons. The van der Waals surface area contributed by atoms with Crippen LogP contribution in [0.1, 0.15) is 18.6 Å². The van der Waals surface area contributed by atoms with Crippen molar-refractivity contribution < 1.29 is 14.3 Å². The third-order valence-corrected chi connectivity index (χ3v) is 1.87. The van der Waals surface area contributed by atoms with Gasteiger partial charge in [0.2, 0.25) is 0 Å². The van der Waals surface area contributed by atoms with Crippen LogP contribution in [0, 0.1) is 0 Å². The van der Waals surface area contributed by atoms with Gasteiger partial charge in [0, 0.05) is 5.56 Å². The molecule has 1 aromatic rings. The number of carbonyl (C=O) groups is 1. The molecule has 0 bridgehead atoms. The number of ether oxygens (including phenoxy) is 2. The highest BCUT2D eigenvalue weighted by molar-refractivity contribution is 5.65. The first-order valence-electron chi connectivity index (χ1n) is 4.24. The van der Waals surface area contributed by atoms with Crippen LogP contribution in [0.25, 0.3) is 0 Å². The maximum Gasteiger partial charge on any atom is 0.405 e.